The minimum Gasteiger partial charge on any atom is -0.316 e. The Morgan fingerprint density at radius 1 is 1.14 bits per heavy atom. The lowest BCUT2D eigenvalue weighted by Crippen LogP contribution is -2.46. The smallest absolute Gasteiger partial charge is 0.0111 e. The van der Waals surface area contributed by atoms with Gasteiger partial charge in [-0.05, 0) is 91.0 Å². The van der Waals surface area contributed by atoms with E-state index >= 15 is 0 Å². The molecule has 3 heteroatoms. The zero-order chi connectivity index (χ0) is 15.1. The van der Waals surface area contributed by atoms with Gasteiger partial charge in [-0.25, -0.2) is 0 Å². The topological polar surface area (TPSA) is 18.5 Å². The predicted octanol–water partition coefficient (Wildman–Crippen LogP) is 2.96. The Morgan fingerprint density at radius 3 is 2.67 bits per heavy atom. The van der Waals surface area contributed by atoms with Crippen LogP contribution in [0.2, 0.25) is 0 Å². The van der Waals surface area contributed by atoms with Gasteiger partial charge in [0.05, 0.1) is 0 Å². The van der Waals surface area contributed by atoms with E-state index in [0.717, 1.165) is 12.0 Å². The van der Waals surface area contributed by atoms with Crippen LogP contribution >= 0.6 is 0 Å². The number of nitrogens with one attached hydrogen (secondary N) is 1. The number of rotatable bonds is 6. The molecule has 0 aliphatic carbocycles. The fourth-order valence-electron chi connectivity index (χ4n) is 4.17. The van der Waals surface area contributed by atoms with E-state index in [0.29, 0.717) is 6.04 Å². The van der Waals surface area contributed by atoms with Gasteiger partial charge < -0.3 is 10.2 Å². The fourth-order valence-corrected chi connectivity index (χ4v) is 4.17. The molecule has 1 N–H and O–H groups in total. The number of hydrogen-bond acceptors (Lipinski definition) is 3. The maximum atomic E-state index is 3.58. The molecule has 2 aliphatic rings. The van der Waals surface area contributed by atoms with E-state index in [1.54, 1.807) is 0 Å². The van der Waals surface area contributed by atoms with Crippen molar-refractivity contribution in [3.8, 4) is 0 Å². The van der Waals surface area contributed by atoms with E-state index in [4.69, 9.17) is 0 Å². The van der Waals surface area contributed by atoms with Crippen molar-refractivity contribution >= 4 is 0 Å². The molecule has 0 saturated carbocycles. The molecule has 0 amide bonds. The Bertz CT molecular complexity index is 274. The average molecular weight is 296 g/mol. The van der Waals surface area contributed by atoms with Crippen molar-refractivity contribution in [3.05, 3.63) is 0 Å². The zero-order valence-corrected chi connectivity index (χ0v) is 14.6. The Hall–Kier alpha value is -0.120. The van der Waals surface area contributed by atoms with Gasteiger partial charge in [0, 0.05) is 18.6 Å². The zero-order valence-electron chi connectivity index (χ0n) is 14.6. The SMILES string of the molecule is CCCN1CCCC(N(CC2CCCNC2)C(C)C)CC1. The lowest BCUT2D eigenvalue weighted by molar-refractivity contribution is 0.107. The molecule has 2 unspecified atom stereocenters. The van der Waals surface area contributed by atoms with Crippen LogP contribution < -0.4 is 5.32 Å². The van der Waals surface area contributed by atoms with Crippen molar-refractivity contribution in [2.75, 3.05) is 39.3 Å². The first-order valence-electron chi connectivity index (χ1n) is 9.39. The monoisotopic (exact) mass is 295 g/mol. The highest BCUT2D eigenvalue weighted by atomic mass is 15.2. The standard InChI is InChI=1S/C18H37N3/c1-4-11-20-12-6-8-18(9-13-20)21(16(2)3)15-17-7-5-10-19-14-17/h16-19H,4-15H2,1-3H3. The third-order valence-corrected chi connectivity index (χ3v) is 5.33. The van der Waals surface area contributed by atoms with Crippen LogP contribution in [0.1, 0.15) is 59.3 Å². The molecular weight excluding hydrogens is 258 g/mol. The molecule has 0 aromatic heterocycles. The molecular formula is C18H37N3. The van der Waals surface area contributed by atoms with Crippen molar-refractivity contribution in [1.29, 1.82) is 0 Å². The van der Waals surface area contributed by atoms with Gasteiger partial charge in [-0.2, -0.15) is 0 Å². The molecule has 2 heterocycles. The van der Waals surface area contributed by atoms with E-state index in [-0.39, 0.29) is 0 Å². The van der Waals surface area contributed by atoms with Crippen molar-refractivity contribution < 1.29 is 0 Å². The summed E-state index contributed by atoms with van der Waals surface area (Å²) in [5, 5.41) is 3.58. The molecule has 0 spiro atoms. The van der Waals surface area contributed by atoms with E-state index in [2.05, 4.69) is 35.9 Å². The summed E-state index contributed by atoms with van der Waals surface area (Å²) < 4.78 is 0. The molecule has 0 bridgehead atoms. The van der Waals surface area contributed by atoms with E-state index in [1.807, 2.05) is 0 Å². The van der Waals surface area contributed by atoms with Crippen molar-refractivity contribution in [2.24, 2.45) is 5.92 Å². The molecule has 2 atom stereocenters. The second-order valence-electron chi connectivity index (χ2n) is 7.43. The Morgan fingerprint density at radius 2 is 2.00 bits per heavy atom. The Labute approximate surface area is 132 Å². The van der Waals surface area contributed by atoms with Crippen molar-refractivity contribution in [1.82, 2.24) is 15.1 Å². The van der Waals surface area contributed by atoms with Gasteiger partial charge in [0.1, 0.15) is 0 Å². The van der Waals surface area contributed by atoms with Crippen LogP contribution in [0.4, 0.5) is 0 Å². The summed E-state index contributed by atoms with van der Waals surface area (Å²) in [6.45, 7) is 14.8. The van der Waals surface area contributed by atoms with Gasteiger partial charge >= 0.3 is 0 Å². The highest BCUT2D eigenvalue weighted by molar-refractivity contribution is 4.83. The fraction of sp³-hybridized carbons (Fsp3) is 1.00. The van der Waals surface area contributed by atoms with E-state index in [9.17, 15) is 0 Å². The molecule has 21 heavy (non-hydrogen) atoms. The maximum Gasteiger partial charge on any atom is 0.0111 e. The quantitative estimate of drug-likeness (QED) is 0.813. The Kier molecular flexibility index (Phi) is 7.48. The normalized spacial score (nSPS) is 29.0. The van der Waals surface area contributed by atoms with Crippen LogP contribution in [-0.4, -0.2) is 61.2 Å². The summed E-state index contributed by atoms with van der Waals surface area (Å²) in [6, 6.07) is 1.50. The third-order valence-electron chi connectivity index (χ3n) is 5.33. The highest BCUT2D eigenvalue weighted by Gasteiger charge is 2.27. The van der Waals surface area contributed by atoms with Crippen LogP contribution in [0.15, 0.2) is 0 Å². The van der Waals surface area contributed by atoms with Crippen LogP contribution in [0.3, 0.4) is 0 Å². The van der Waals surface area contributed by atoms with Crippen LogP contribution in [0.25, 0.3) is 0 Å². The summed E-state index contributed by atoms with van der Waals surface area (Å²) >= 11 is 0. The molecule has 2 fully saturated rings. The minimum absolute atomic E-state index is 0.689. The van der Waals surface area contributed by atoms with E-state index in [1.165, 1.54) is 77.8 Å². The molecule has 2 rings (SSSR count). The molecule has 0 radical (unpaired) electrons. The summed E-state index contributed by atoms with van der Waals surface area (Å²) in [5.74, 6) is 0.871. The van der Waals surface area contributed by atoms with Gasteiger partial charge in [-0.1, -0.05) is 6.92 Å². The van der Waals surface area contributed by atoms with Crippen molar-refractivity contribution in [2.45, 2.75) is 71.4 Å². The second-order valence-corrected chi connectivity index (χ2v) is 7.43. The lowest BCUT2D eigenvalue weighted by atomic mass is 9.96. The molecule has 2 saturated heterocycles. The molecule has 124 valence electrons. The summed E-state index contributed by atoms with van der Waals surface area (Å²) in [6.07, 6.45) is 8.25. The molecule has 0 aromatic carbocycles. The van der Waals surface area contributed by atoms with E-state index < -0.39 is 0 Å². The molecule has 3 nitrogen and oxygen atoms in total. The first kappa shape index (κ1) is 17.2. The first-order chi connectivity index (χ1) is 10.2. The first-order valence-corrected chi connectivity index (χ1v) is 9.39. The number of hydrogen-bond donors (Lipinski definition) is 1. The van der Waals surface area contributed by atoms with Gasteiger partial charge in [-0.3, -0.25) is 4.90 Å². The number of nitrogens with zero attached hydrogens (tertiary/aromatic N) is 2. The summed E-state index contributed by atoms with van der Waals surface area (Å²) in [5.41, 5.74) is 0. The van der Waals surface area contributed by atoms with Gasteiger partial charge in [0.2, 0.25) is 0 Å². The minimum atomic E-state index is 0.689. The largest absolute Gasteiger partial charge is 0.316 e. The molecule has 2 aliphatic heterocycles. The second kappa shape index (κ2) is 9.12. The lowest BCUT2D eigenvalue weighted by Gasteiger charge is -2.38. The maximum absolute atomic E-state index is 3.58. The average Bonchev–Trinajstić information content (AvgIpc) is 2.72. The van der Waals surface area contributed by atoms with Crippen LogP contribution in [-0.2, 0) is 0 Å². The third kappa shape index (κ3) is 5.54. The van der Waals surface area contributed by atoms with Crippen LogP contribution in [0, 0.1) is 5.92 Å². The van der Waals surface area contributed by atoms with Gasteiger partial charge in [0.15, 0.2) is 0 Å². The Balaban J connectivity index is 1.87. The number of likely N-dealkylation sites (tertiary alicyclic amines) is 1. The highest BCUT2D eigenvalue weighted by Crippen LogP contribution is 2.22. The van der Waals surface area contributed by atoms with Gasteiger partial charge in [0.25, 0.3) is 0 Å². The summed E-state index contributed by atoms with van der Waals surface area (Å²) in [7, 11) is 0. The van der Waals surface area contributed by atoms with Gasteiger partial charge in [-0.15, -0.1) is 0 Å². The van der Waals surface area contributed by atoms with Crippen LogP contribution in [0.5, 0.6) is 0 Å². The number of piperidine rings is 1. The van der Waals surface area contributed by atoms with Crippen molar-refractivity contribution in [3.63, 3.8) is 0 Å². The molecule has 0 aromatic rings. The summed E-state index contributed by atoms with van der Waals surface area (Å²) in [4.78, 5) is 5.51. The predicted molar refractivity (Wildman–Crippen MR) is 91.8 cm³/mol.